The van der Waals surface area contributed by atoms with Gasteiger partial charge in [-0.2, -0.15) is 10.2 Å². The summed E-state index contributed by atoms with van der Waals surface area (Å²) in [6.45, 7) is 2.87. The fourth-order valence-corrected chi connectivity index (χ4v) is 3.49. The fourth-order valence-electron chi connectivity index (χ4n) is 3.49. The lowest BCUT2D eigenvalue weighted by Gasteiger charge is -2.06. The number of aromatic nitrogens is 2. The van der Waals surface area contributed by atoms with Crippen LogP contribution in [-0.2, 0) is 0 Å². The number of unbranched alkanes of at least 4 members (excludes halogenated alkanes) is 2. The molecule has 3 N–H and O–H groups in total. The second-order valence-electron chi connectivity index (χ2n) is 7.67. The lowest BCUT2D eigenvalue weighted by atomic mass is 10.0. The second kappa shape index (κ2) is 10.5. The van der Waals surface area contributed by atoms with Gasteiger partial charge in [-0.1, -0.05) is 50.1 Å². The average Bonchev–Trinajstić information content (AvgIpc) is 3.34. The smallest absolute Gasteiger partial charge is 0.289 e. The Morgan fingerprint density at radius 3 is 2.76 bits per heavy atom. The molecular weight excluding hydrogens is 416 g/mol. The largest absolute Gasteiger partial charge is 0.507 e. The highest BCUT2D eigenvalue weighted by Gasteiger charge is 2.11. The third-order valence-corrected chi connectivity index (χ3v) is 5.30. The molecule has 4 rings (SSSR count). The molecule has 0 spiro atoms. The number of carbonyl (C=O) groups excluding carboxylic acids is 1. The van der Waals surface area contributed by atoms with Gasteiger partial charge in [0.05, 0.1) is 18.5 Å². The van der Waals surface area contributed by atoms with Gasteiger partial charge in [-0.3, -0.25) is 9.89 Å². The van der Waals surface area contributed by atoms with E-state index in [4.69, 9.17) is 4.74 Å². The van der Waals surface area contributed by atoms with Crippen LogP contribution in [0.3, 0.4) is 0 Å². The summed E-state index contributed by atoms with van der Waals surface area (Å²) in [6, 6.07) is 20.4. The maximum Gasteiger partial charge on any atom is 0.289 e. The fraction of sp³-hybridized carbons (Fsp3) is 0.192. The minimum atomic E-state index is -0.430. The first-order valence-corrected chi connectivity index (χ1v) is 11.0. The summed E-state index contributed by atoms with van der Waals surface area (Å²) in [7, 11) is 0. The summed E-state index contributed by atoms with van der Waals surface area (Å²) in [5.74, 6) is 0.475. The molecule has 7 heteroatoms. The number of phenols is 1. The number of hydrogen-bond acceptors (Lipinski definition) is 5. The molecule has 33 heavy (non-hydrogen) atoms. The van der Waals surface area contributed by atoms with Gasteiger partial charge in [0.1, 0.15) is 17.2 Å². The summed E-state index contributed by atoms with van der Waals surface area (Å²) < 4.78 is 5.73. The molecule has 1 heterocycles. The maximum absolute atomic E-state index is 12.5. The SMILES string of the molecule is CCCCCOc1ccc(-c2cc(C(=O)N/N=C/c3c(O)ccc4ccccc34)[nH]n2)cc1. The van der Waals surface area contributed by atoms with Crippen LogP contribution in [0.1, 0.15) is 42.2 Å². The molecule has 4 aromatic rings. The van der Waals surface area contributed by atoms with Crippen LogP contribution in [0.25, 0.3) is 22.0 Å². The molecule has 3 aromatic carbocycles. The van der Waals surface area contributed by atoms with E-state index >= 15 is 0 Å². The van der Waals surface area contributed by atoms with E-state index < -0.39 is 5.91 Å². The lowest BCUT2D eigenvalue weighted by Crippen LogP contribution is -2.18. The molecule has 0 fully saturated rings. The van der Waals surface area contributed by atoms with Crippen LogP contribution >= 0.6 is 0 Å². The molecular formula is C26H26N4O3. The summed E-state index contributed by atoms with van der Waals surface area (Å²) in [4.78, 5) is 12.5. The zero-order valence-electron chi connectivity index (χ0n) is 18.4. The van der Waals surface area contributed by atoms with Crippen molar-refractivity contribution in [1.82, 2.24) is 15.6 Å². The van der Waals surface area contributed by atoms with E-state index in [0.29, 0.717) is 17.9 Å². The predicted octanol–water partition coefficient (Wildman–Crippen LogP) is 5.27. The number of ether oxygens (including phenoxy) is 1. The minimum absolute atomic E-state index is 0.0910. The van der Waals surface area contributed by atoms with Crippen molar-refractivity contribution in [3.05, 3.63) is 78.0 Å². The second-order valence-corrected chi connectivity index (χ2v) is 7.67. The van der Waals surface area contributed by atoms with Crippen LogP contribution in [0.15, 0.2) is 71.8 Å². The zero-order valence-corrected chi connectivity index (χ0v) is 18.4. The Bertz CT molecular complexity index is 1260. The first-order valence-electron chi connectivity index (χ1n) is 11.0. The van der Waals surface area contributed by atoms with Crippen molar-refractivity contribution in [2.45, 2.75) is 26.2 Å². The highest BCUT2D eigenvalue weighted by atomic mass is 16.5. The van der Waals surface area contributed by atoms with E-state index in [1.54, 1.807) is 12.1 Å². The minimum Gasteiger partial charge on any atom is -0.507 e. The molecule has 0 saturated carbocycles. The Balaban J connectivity index is 1.39. The van der Waals surface area contributed by atoms with Gasteiger partial charge in [0.2, 0.25) is 0 Å². The molecule has 1 aromatic heterocycles. The molecule has 0 bridgehead atoms. The molecule has 0 aliphatic heterocycles. The molecule has 0 aliphatic carbocycles. The number of carbonyl (C=O) groups is 1. The first-order chi connectivity index (χ1) is 16.2. The van der Waals surface area contributed by atoms with Gasteiger partial charge in [0.25, 0.3) is 5.91 Å². The molecule has 0 unspecified atom stereocenters. The van der Waals surface area contributed by atoms with Crippen LogP contribution in [0.4, 0.5) is 0 Å². The van der Waals surface area contributed by atoms with Crippen molar-refractivity contribution in [3.63, 3.8) is 0 Å². The lowest BCUT2D eigenvalue weighted by molar-refractivity contribution is 0.0950. The molecule has 0 saturated heterocycles. The topological polar surface area (TPSA) is 99.6 Å². The molecule has 7 nitrogen and oxygen atoms in total. The van der Waals surface area contributed by atoms with E-state index in [1.807, 2.05) is 54.6 Å². The maximum atomic E-state index is 12.5. The van der Waals surface area contributed by atoms with Gasteiger partial charge in [-0.25, -0.2) is 5.43 Å². The highest BCUT2D eigenvalue weighted by Crippen LogP contribution is 2.25. The van der Waals surface area contributed by atoms with Crippen LogP contribution in [-0.4, -0.2) is 34.0 Å². The van der Waals surface area contributed by atoms with Crippen LogP contribution < -0.4 is 10.2 Å². The Kier molecular flexibility index (Phi) is 6.99. The number of aromatic amines is 1. The number of nitrogens with zero attached hydrogens (tertiary/aromatic N) is 2. The number of fused-ring (bicyclic) bond motifs is 1. The Labute approximate surface area is 192 Å². The van der Waals surface area contributed by atoms with Gasteiger partial charge >= 0.3 is 0 Å². The van der Waals surface area contributed by atoms with Crippen molar-refractivity contribution >= 4 is 22.9 Å². The molecule has 0 radical (unpaired) electrons. The van der Waals surface area contributed by atoms with E-state index in [9.17, 15) is 9.90 Å². The van der Waals surface area contributed by atoms with Crippen LogP contribution in [0.5, 0.6) is 11.5 Å². The third kappa shape index (κ3) is 5.38. The first kappa shape index (κ1) is 22.1. The number of phenolic OH excluding ortho intramolecular Hbond substituents is 1. The third-order valence-electron chi connectivity index (χ3n) is 5.30. The van der Waals surface area contributed by atoms with Crippen molar-refractivity contribution in [1.29, 1.82) is 0 Å². The van der Waals surface area contributed by atoms with Crippen molar-refractivity contribution in [2.75, 3.05) is 6.61 Å². The van der Waals surface area contributed by atoms with Gasteiger partial charge in [0.15, 0.2) is 0 Å². The number of amides is 1. The number of hydrogen-bond donors (Lipinski definition) is 3. The Morgan fingerprint density at radius 2 is 1.94 bits per heavy atom. The standard InChI is InChI=1S/C26H26N4O3/c1-2-3-6-15-33-20-12-9-19(10-13-20)23-16-24(29-28-23)26(32)30-27-17-22-21-8-5-4-7-18(21)11-14-25(22)31/h4-5,7-14,16-17,31H,2-3,6,15H2,1H3,(H,28,29)(H,30,32)/b27-17+. The van der Waals surface area contributed by atoms with E-state index in [2.05, 4.69) is 27.6 Å². The number of aromatic hydroxyl groups is 1. The molecule has 1 amide bonds. The number of hydrazone groups is 1. The molecule has 0 atom stereocenters. The quantitative estimate of drug-likeness (QED) is 0.187. The van der Waals surface area contributed by atoms with Crippen LogP contribution in [0.2, 0.25) is 0 Å². The Morgan fingerprint density at radius 1 is 1.12 bits per heavy atom. The van der Waals surface area contributed by atoms with Gasteiger partial charge < -0.3 is 9.84 Å². The summed E-state index contributed by atoms with van der Waals surface area (Å²) >= 11 is 0. The van der Waals surface area contributed by atoms with Crippen LogP contribution in [0, 0.1) is 0 Å². The average molecular weight is 443 g/mol. The van der Waals surface area contributed by atoms with Crippen molar-refractivity contribution in [2.24, 2.45) is 5.10 Å². The number of H-pyrrole nitrogens is 1. The van der Waals surface area contributed by atoms with E-state index in [-0.39, 0.29) is 11.4 Å². The number of benzene rings is 3. The normalized spacial score (nSPS) is 11.2. The van der Waals surface area contributed by atoms with Gasteiger partial charge in [0, 0.05) is 11.1 Å². The van der Waals surface area contributed by atoms with E-state index in [1.165, 1.54) is 6.21 Å². The monoisotopic (exact) mass is 442 g/mol. The van der Waals surface area contributed by atoms with Gasteiger partial charge in [-0.05, 0) is 53.6 Å². The van der Waals surface area contributed by atoms with E-state index in [0.717, 1.165) is 41.3 Å². The van der Waals surface area contributed by atoms with Crippen molar-refractivity contribution < 1.29 is 14.6 Å². The number of nitrogens with one attached hydrogen (secondary N) is 2. The summed E-state index contributed by atoms with van der Waals surface area (Å²) in [5, 5.41) is 23.0. The van der Waals surface area contributed by atoms with Crippen molar-refractivity contribution in [3.8, 4) is 22.8 Å². The highest BCUT2D eigenvalue weighted by molar-refractivity contribution is 6.03. The summed E-state index contributed by atoms with van der Waals surface area (Å²) in [5.41, 5.74) is 4.81. The zero-order chi connectivity index (χ0) is 23.0. The summed E-state index contributed by atoms with van der Waals surface area (Å²) in [6.07, 6.45) is 4.79. The molecule has 168 valence electrons. The number of rotatable bonds is 9. The predicted molar refractivity (Wildman–Crippen MR) is 130 cm³/mol. The van der Waals surface area contributed by atoms with Gasteiger partial charge in [-0.15, -0.1) is 0 Å². The molecule has 0 aliphatic rings. The Hall–Kier alpha value is -4.13.